The largest absolute Gasteiger partial charge is 0.300 e. The highest BCUT2D eigenvalue weighted by Gasteiger charge is 2.34. The molecule has 6 nitrogen and oxygen atoms in total. The van der Waals surface area contributed by atoms with Crippen molar-refractivity contribution in [3.63, 3.8) is 0 Å². The number of nitrogens with one attached hydrogen (secondary N) is 1. The monoisotopic (exact) mass is 327 g/mol. The van der Waals surface area contributed by atoms with Gasteiger partial charge >= 0.3 is 0 Å². The topological polar surface area (TPSA) is 47.8 Å². The average molecular weight is 327 g/mol. The van der Waals surface area contributed by atoms with Crippen LogP contribution in [0.1, 0.15) is 72.6 Å². The average Bonchev–Trinajstić information content (AvgIpc) is 2.53. The molecule has 134 valence electrons. The van der Waals surface area contributed by atoms with Gasteiger partial charge in [0, 0.05) is 24.7 Å². The van der Waals surface area contributed by atoms with Gasteiger partial charge in [0.15, 0.2) is 0 Å². The third-order valence-corrected chi connectivity index (χ3v) is 5.16. The third kappa shape index (κ3) is 5.31. The lowest BCUT2D eigenvalue weighted by molar-refractivity contribution is -0.801. The summed E-state index contributed by atoms with van der Waals surface area (Å²) >= 11 is 0. The first-order valence-corrected chi connectivity index (χ1v) is 9.32. The number of nitrogens with zero attached hydrogens (tertiary/aromatic N) is 3. The van der Waals surface area contributed by atoms with E-state index in [0.29, 0.717) is 6.54 Å². The fourth-order valence-corrected chi connectivity index (χ4v) is 3.85. The maximum Gasteiger partial charge on any atom is 0.275 e. The van der Waals surface area contributed by atoms with Crippen LogP contribution in [0, 0.1) is 4.91 Å². The molecule has 1 saturated heterocycles. The third-order valence-electron chi connectivity index (χ3n) is 5.16. The molecule has 0 atom stereocenters. The Balaban J connectivity index is 1.71. The maximum absolute atomic E-state index is 12.2. The summed E-state index contributed by atoms with van der Waals surface area (Å²) in [6, 6.07) is 0.783. The highest BCUT2D eigenvalue weighted by Crippen LogP contribution is 2.25. The lowest BCUT2D eigenvalue weighted by Crippen LogP contribution is -2.53. The molecule has 2 rings (SSSR count). The number of piperidine rings is 1. The van der Waals surface area contributed by atoms with Crippen molar-refractivity contribution >= 4 is 0 Å². The van der Waals surface area contributed by atoms with Gasteiger partial charge in [0.25, 0.3) is 4.98 Å². The van der Waals surface area contributed by atoms with Gasteiger partial charge in [-0.05, 0) is 53.4 Å². The highest BCUT2D eigenvalue weighted by molar-refractivity contribution is 4.80. The van der Waals surface area contributed by atoms with Crippen LogP contribution in [0.15, 0.2) is 0 Å². The second kappa shape index (κ2) is 8.29. The fourth-order valence-electron chi connectivity index (χ4n) is 3.85. The molecule has 0 bridgehead atoms. The minimum absolute atomic E-state index is 0.130. The molecule has 1 aliphatic heterocycles. The van der Waals surface area contributed by atoms with Gasteiger partial charge in [-0.3, -0.25) is 0 Å². The Bertz CT molecular complexity index is 369. The zero-order chi connectivity index (χ0) is 16.9. The predicted octanol–water partition coefficient (Wildman–Crippen LogP) is 3.03. The van der Waals surface area contributed by atoms with E-state index in [1.165, 1.54) is 32.1 Å². The SMILES string of the molecule is CCN([N+](=O)NOC1CCN(C2CCCCC2)CC1)C(C)(C)C. The smallest absolute Gasteiger partial charge is 0.275 e. The predicted molar refractivity (Wildman–Crippen MR) is 91.4 cm³/mol. The van der Waals surface area contributed by atoms with Gasteiger partial charge < -0.3 is 4.90 Å². The molecule has 0 aromatic carbocycles. The molecule has 1 aliphatic carbocycles. The van der Waals surface area contributed by atoms with E-state index in [1.807, 2.05) is 27.7 Å². The van der Waals surface area contributed by atoms with E-state index < -0.39 is 0 Å². The van der Waals surface area contributed by atoms with Crippen molar-refractivity contribution in [1.29, 1.82) is 0 Å². The van der Waals surface area contributed by atoms with E-state index >= 15 is 0 Å². The molecule has 1 heterocycles. The van der Waals surface area contributed by atoms with E-state index in [-0.39, 0.29) is 11.6 Å². The van der Waals surface area contributed by atoms with Crippen LogP contribution in [0.3, 0.4) is 0 Å². The van der Waals surface area contributed by atoms with E-state index in [9.17, 15) is 4.91 Å². The lowest BCUT2D eigenvalue weighted by atomic mass is 9.92. The number of rotatable bonds is 6. The quantitative estimate of drug-likeness (QED) is 0.600. The van der Waals surface area contributed by atoms with Crippen LogP contribution in [0.25, 0.3) is 0 Å². The number of hydrazine groups is 2. The minimum Gasteiger partial charge on any atom is -0.300 e. The first-order chi connectivity index (χ1) is 10.9. The van der Waals surface area contributed by atoms with E-state index in [4.69, 9.17) is 4.84 Å². The van der Waals surface area contributed by atoms with Gasteiger partial charge in [0.1, 0.15) is 0 Å². The molecule has 0 aromatic rings. The van der Waals surface area contributed by atoms with Crippen molar-refractivity contribution < 1.29 is 9.82 Å². The van der Waals surface area contributed by atoms with E-state index in [2.05, 4.69) is 10.5 Å². The Kier molecular flexibility index (Phi) is 6.65. The molecule has 0 amide bonds. The molecule has 6 heteroatoms. The van der Waals surface area contributed by atoms with E-state index in [0.717, 1.165) is 37.0 Å². The van der Waals surface area contributed by atoms with Gasteiger partial charge in [0.2, 0.25) is 0 Å². The van der Waals surface area contributed by atoms with Crippen molar-refractivity contribution in [2.45, 2.75) is 90.3 Å². The first-order valence-electron chi connectivity index (χ1n) is 9.32. The van der Waals surface area contributed by atoms with Crippen molar-refractivity contribution in [1.82, 2.24) is 15.5 Å². The summed E-state index contributed by atoms with van der Waals surface area (Å²) in [4.78, 5) is 21.2. The standard InChI is InChI=1S/C17H35N4O2/c1-5-20(17(2,3)4)21(22)18-23-16-11-13-19(14-12-16)15-9-7-6-8-10-15/h15-16H,5-14H2,1-4H3,(H,18,22)/q+1. The van der Waals surface area contributed by atoms with Crippen LogP contribution < -0.4 is 5.59 Å². The summed E-state index contributed by atoms with van der Waals surface area (Å²) in [6.07, 6.45) is 9.01. The summed E-state index contributed by atoms with van der Waals surface area (Å²) in [5.74, 6) is 0. The zero-order valence-corrected chi connectivity index (χ0v) is 15.4. The molecular weight excluding hydrogens is 292 g/mol. The van der Waals surface area contributed by atoms with Crippen molar-refractivity contribution in [3.8, 4) is 0 Å². The summed E-state index contributed by atoms with van der Waals surface area (Å²) < 4.78 is 0. The molecule has 0 spiro atoms. The van der Waals surface area contributed by atoms with E-state index in [1.54, 1.807) is 5.01 Å². The van der Waals surface area contributed by atoms with Gasteiger partial charge in [-0.15, -0.1) is 5.01 Å². The summed E-state index contributed by atoms with van der Waals surface area (Å²) in [5, 5.41) is 1.71. The molecule has 1 saturated carbocycles. The Hall–Kier alpha value is -0.880. The minimum atomic E-state index is -0.225. The Labute approximate surface area is 141 Å². The molecule has 0 aromatic heterocycles. The molecule has 0 radical (unpaired) electrons. The number of nitroso groups, excluding NO2 is 1. The first kappa shape index (κ1) is 18.5. The zero-order valence-electron chi connectivity index (χ0n) is 15.4. The summed E-state index contributed by atoms with van der Waals surface area (Å²) in [6.45, 7) is 10.9. The van der Waals surface area contributed by atoms with Crippen molar-refractivity contribution in [2.24, 2.45) is 0 Å². The van der Waals surface area contributed by atoms with Crippen LogP contribution in [-0.4, -0.2) is 52.2 Å². The Morgan fingerprint density at radius 2 is 1.74 bits per heavy atom. The Morgan fingerprint density at radius 3 is 2.26 bits per heavy atom. The molecule has 0 unspecified atom stereocenters. The molecule has 2 aliphatic rings. The highest BCUT2D eigenvalue weighted by atomic mass is 16.7. The molecular formula is C17H35N4O2+. The number of likely N-dealkylation sites (tertiary alicyclic amines) is 1. The molecule has 1 N–H and O–H groups in total. The fraction of sp³-hybridized carbons (Fsp3) is 1.00. The summed E-state index contributed by atoms with van der Waals surface area (Å²) in [7, 11) is 0. The number of hydrogen-bond donors (Lipinski definition) is 1. The van der Waals surface area contributed by atoms with Crippen molar-refractivity contribution in [3.05, 3.63) is 4.91 Å². The molecule has 23 heavy (non-hydrogen) atoms. The lowest BCUT2D eigenvalue weighted by Gasteiger charge is -2.38. The van der Waals surface area contributed by atoms with Crippen LogP contribution in [-0.2, 0) is 4.84 Å². The van der Waals surface area contributed by atoms with Gasteiger partial charge in [-0.1, -0.05) is 19.3 Å². The van der Waals surface area contributed by atoms with Crippen LogP contribution in [0.5, 0.6) is 0 Å². The van der Waals surface area contributed by atoms with Gasteiger partial charge in [-0.2, -0.15) is 0 Å². The number of hydrogen-bond acceptors (Lipinski definition) is 3. The van der Waals surface area contributed by atoms with Crippen molar-refractivity contribution in [2.75, 3.05) is 19.6 Å². The second-order valence-electron chi connectivity index (χ2n) is 7.90. The van der Waals surface area contributed by atoms with Gasteiger partial charge in [-0.25, -0.2) is 4.84 Å². The Morgan fingerprint density at radius 1 is 1.13 bits per heavy atom. The summed E-state index contributed by atoms with van der Waals surface area (Å²) in [5.41, 5.74) is 2.36. The normalized spacial score (nSPS) is 22.1. The van der Waals surface area contributed by atoms with Crippen LogP contribution >= 0.6 is 0 Å². The van der Waals surface area contributed by atoms with Gasteiger partial charge in [0.05, 0.1) is 23.1 Å². The molecule has 2 fully saturated rings. The van der Waals surface area contributed by atoms with Crippen LogP contribution in [0.2, 0.25) is 0 Å². The maximum atomic E-state index is 12.2. The van der Waals surface area contributed by atoms with Crippen LogP contribution in [0.4, 0.5) is 0 Å². The second-order valence-corrected chi connectivity index (χ2v) is 7.90.